The van der Waals surface area contributed by atoms with Crippen LogP contribution in [0.3, 0.4) is 0 Å². The van der Waals surface area contributed by atoms with E-state index in [0.717, 1.165) is 26.6 Å². The van der Waals surface area contributed by atoms with Crippen LogP contribution < -0.4 is 0 Å². The van der Waals surface area contributed by atoms with Crippen LogP contribution in [0.4, 0.5) is 0 Å². The number of ketones is 1. The van der Waals surface area contributed by atoms with E-state index in [-0.39, 0.29) is 11.4 Å². The summed E-state index contributed by atoms with van der Waals surface area (Å²) in [7, 11) is 0. The Hall–Kier alpha value is -3.55. The molecule has 0 spiro atoms. The first-order valence-electron chi connectivity index (χ1n) is 10.8. The van der Waals surface area contributed by atoms with Gasteiger partial charge in [0.2, 0.25) is 5.78 Å². The number of aliphatic hydroxyl groups excluding tert-OH is 1. The van der Waals surface area contributed by atoms with Crippen LogP contribution >= 0.6 is 22.7 Å². The minimum absolute atomic E-state index is 0.113. The molecule has 2 aromatic heterocycles. The monoisotopic (exact) mass is 486 g/mol. The van der Waals surface area contributed by atoms with Crippen LogP contribution in [-0.4, -0.2) is 26.7 Å². The Morgan fingerprint density at radius 3 is 2.47 bits per heavy atom. The number of rotatable bonds is 6. The van der Waals surface area contributed by atoms with E-state index in [1.807, 2.05) is 79.0 Å². The lowest BCUT2D eigenvalue weighted by Crippen LogP contribution is -2.30. The zero-order chi connectivity index (χ0) is 23.8. The summed E-state index contributed by atoms with van der Waals surface area (Å²) < 4.78 is 0. The minimum Gasteiger partial charge on any atom is -0.503 e. The number of nitrogens with zero attached hydrogens (tertiary/aromatic N) is 2. The molecular formula is C27H22N2O3S2. The van der Waals surface area contributed by atoms with Gasteiger partial charge in [0.1, 0.15) is 5.01 Å². The van der Waals surface area contributed by atoms with E-state index in [1.165, 1.54) is 22.7 Å². The Morgan fingerprint density at radius 2 is 1.76 bits per heavy atom. The van der Waals surface area contributed by atoms with Crippen LogP contribution in [0.25, 0.3) is 10.6 Å². The van der Waals surface area contributed by atoms with Crippen LogP contribution in [0, 0.1) is 13.8 Å². The van der Waals surface area contributed by atoms with E-state index < -0.39 is 17.7 Å². The lowest BCUT2D eigenvalue weighted by molar-refractivity contribution is -0.130. The number of Topliss-reactive ketones (excluding diaryl/α,β-unsaturated/α-hetero) is 1. The molecule has 5 rings (SSSR count). The van der Waals surface area contributed by atoms with Crippen LogP contribution in [0.2, 0.25) is 0 Å². The molecule has 1 aliphatic heterocycles. The summed E-state index contributed by atoms with van der Waals surface area (Å²) >= 11 is 2.82. The van der Waals surface area contributed by atoms with Crippen molar-refractivity contribution >= 4 is 34.4 Å². The smallest absolute Gasteiger partial charge is 0.290 e. The third-order valence-electron chi connectivity index (χ3n) is 5.96. The maximum Gasteiger partial charge on any atom is 0.290 e. The average Bonchev–Trinajstić information content (AvgIpc) is 3.55. The number of carbonyl (C=O) groups excluding carboxylic acids is 2. The summed E-state index contributed by atoms with van der Waals surface area (Å²) in [5, 5.41) is 13.7. The third-order valence-corrected chi connectivity index (χ3v) is 8.03. The Morgan fingerprint density at radius 1 is 1.03 bits per heavy atom. The Labute approximate surface area is 205 Å². The Bertz CT molecular complexity index is 1400. The molecule has 1 amide bonds. The molecule has 1 unspecified atom stereocenters. The molecule has 1 aliphatic rings. The zero-order valence-electron chi connectivity index (χ0n) is 18.7. The zero-order valence-corrected chi connectivity index (χ0v) is 20.3. The van der Waals surface area contributed by atoms with Crippen molar-refractivity contribution < 1.29 is 14.7 Å². The fourth-order valence-electron chi connectivity index (χ4n) is 4.27. The fourth-order valence-corrected chi connectivity index (χ4v) is 6.00. The van der Waals surface area contributed by atoms with E-state index in [1.54, 1.807) is 11.8 Å². The van der Waals surface area contributed by atoms with Gasteiger partial charge in [0.05, 0.1) is 28.7 Å². The van der Waals surface area contributed by atoms with Crippen LogP contribution in [0.5, 0.6) is 0 Å². The molecular weight excluding hydrogens is 464 g/mol. The van der Waals surface area contributed by atoms with Crippen molar-refractivity contribution in [2.45, 2.75) is 26.4 Å². The Balaban J connectivity index is 1.60. The van der Waals surface area contributed by atoms with E-state index >= 15 is 0 Å². The van der Waals surface area contributed by atoms with E-state index in [4.69, 9.17) is 0 Å². The van der Waals surface area contributed by atoms with Crippen LogP contribution in [-0.2, 0) is 11.3 Å². The number of aliphatic hydroxyl groups is 1. The highest BCUT2D eigenvalue weighted by Gasteiger charge is 2.45. The van der Waals surface area contributed by atoms with Crippen molar-refractivity contribution in [3.63, 3.8) is 0 Å². The maximum atomic E-state index is 13.9. The summed E-state index contributed by atoms with van der Waals surface area (Å²) in [6, 6.07) is 20.5. The van der Waals surface area contributed by atoms with Crippen molar-refractivity contribution in [1.82, 2.24) is 9.88 Å². The normalized spacial score (nSPS) is 15.9. The molecule has 2 aromatic carbocycles. The number of hydrogen-bond donors (Lipinski definition) is 1. The van der Waals surface area contributed by atoms with Crippen molar-refractivity contribution in [2.75, 3.05) is 0 Å². The predicted octanol–water partition coefficient (Wildman–Crippen LogP) is 6.27. The molecule has 4 aromatic rings. The topological polar surface area (TPSA) is 70.5 Å². The minimum atomic E-state index is -0.676. The largest absolute Gasteiger partial charge is 0.503 e. The van der Waals surface area contributed by atoms with Crippen LogP contribution in [0.1, 0.15) is 37.4 Å². The number of carbonyl (C=O) groups is 2. The first-order chi connectivity index (χ1) is 16.5. The molecule has 34 heavy (non-hydrogen) atoms. The molecule has 0 saturated heterocycles. The molecule has 0 bridgehead atoms. The van der Waals surface area contributed by atoms with Gasteiger partial charge in [0.15, 0.2) is 5.76 Å². The molecule has 0 radical (unpaired) electrons. The van der Waals surface area contributed by atoms with Gasteiger partial charge in [-0.1, -0.05) is 60.7 Å². The lowest BCUT2D eigenvalue weighted by Gasteiger charge is -2.27. The first kappa shape index (κ1) is 22.3. The SMILES string of the molecule is Cc1ccccc1C1C(C(=O)c2sc(-c3ccccc3)nc2C)=C(O)C(=O)N1Cc1cccs1. The average molecular weight is 487 g/mol. The van der Waals surface area contributed by atoms with Gasteiger partial charge in [-0.05, 0) is 36.4 Å². The molecule has 1 N–H and O–H groups in total. The number of hydrogen-bond acceptors (Lipinski definition) is 6. The fraction of sp³-hybridized carbons (Fsp3) is 0.148. The lowest BCUT2D eigenvalue weighted by atomic mass is 9.92. The van der Waals surface area contributed by atoms with Gasteiger partial charge in [0, 0.05) is 10.4 Å². The summed E-state index contributed by atoms with van der Waals surface area (Å²) in [5.41, 5.74) is 3.39. The summed E-state index contributed by atoms with van der Waals surface area (Å²) in [5.74, 6) is -1.37. The van der Waals surface area contributed by atoms with Gasteiger partial charge in [-0.15, -0.1) is 22.7 Å². The number of amides is 1. The molecule has 7 heteroatoms. The van der Waals surface area contributed by atoms with Crippen molar-refractivity contribution in [3.8, 4) is 10.6 Å². The van der Waals surface area contributed by atoms with Crippen molar-refractivity contribution in [3.05, 3.63) is 110 Å². The van der Waals surface area contributed by atoms with E-state index in [2.05, 4.69) is 4.98 Å². The van der Waals surface area contributed by atoms with Gasteiger partial charge in [0.25, 0.3) is 5.91 Å². The number of thiazole rings is 1. The molecule has 0 fully saturated rings. The second kappa shape index (κ2) is 9.00. The van der Waals surface area contributed by atoms with Crippen molar-refractivity contribution in [1.29, 1.82) is 0 Å². The molecule has 0 saturated carbocycles. The number of aromatic nitrogens is 1. The highest BCUT2D eigenvalue weighted by Crippen LogP contribution is 2.42. The summed E-state index contributed by atoms with van der Waals surface area (Å²) in [6.45, 7) is 4.05. The number of aryl methyl sites for hydroxylation is 2. The standard InChI is InChI=1S/C27H22N2O3S2/c1-16-9-6-7-13-20(16)22-21(24(31)27(32)29(22)15-19-12-8-14-33-19)23(30)25-17(2)28-26(34-25)18-10-4-3-5-11-18/h3-14,22,31H,15H2,1-2H3. The highest BCUT2D eigenvalue weighted by atomic mass is 32.1. The maximum absolute atomic E-state index is 13.9. The third kappa shape index (κ3) is 3.87. The van der Waals surface area contributed by atoms with Gasteiger partial charge < -0.3 is 10.0 Å². The van der Waals surface area contributed by atoms with E-state index in [0.29, 0.717) is 17.1 Å². The Kier molecular flexibility index (Phi) is 5.89. The summed E-state index contributed by atoms with van der Waals surface area (Å²) in [4.78, 5) is 34.7. The number of thiophene rings is 1. The van der Waals surface area contributed by atoms with Gasteiger partial charge in [-0.2, -0.15) is 0 Å². The first-order valence-corrected chi connectivity index (χ1v) is 12.5. The quantitative estimate of drug-likeness (QED) is 0.326. The molecule has 1 atom stereocenters. The summed E-state index contributed by atoms with van der Waals surface area (Å²) in [6.07, 6.45) is 0. The van der Waals surface area contributed by atoms with Crippen LogP contribution in [0.15, 0.2) is 83.4 Å². The molecule has 3 heterocycles. The van der Waals surface area contributed by atoms with Gasteiger partial charge in [-0.3, -0.25) is 9.59 Å². The predicted molar refractivity (Wildman–Crippen MR) is 135 cm³/mol. The van der Waals surface area contributed by atoms with Crippen molar-refractivity contribution in [2.24, 2.45) is 0 Å². The second-order valence-electron chi connectivity index (χ2n) is 8.16. The molecule has 5 nitrogen and oxygen atoms in total. The number of benzene rings is 2. The molecule has 0 aliphatic carbocycles. The van der Waals surface area contributed by atoms with E-state index in [9.17, 15) is 14.7 Å². The highest BCUT2D eigenvalue weighted by molar-refractivity contribution is 7.17. The molecule has 170 valence electrons. The second-order valence-corrected chi connectivity index (χ2v) is 10.2. The van der Waals surface area contributed by atoms with Gasteiger partial charge in [-0.25, -0.2) is 4.98 Å². The van der Waals surface area contributed by atoms with Gasteiger partial charge >= 0.3 is 0 Å².